The average Bonchev–Trinajstić information content (AvgIpc) is 2.75. The summed E-state index contributed by atoms with van der Waals surface area (Å²) in [5.74, 6) is -0.964. The van der Waals surface area contributed by atoms with Gasteiger partial charge in [0.2, 0.25) is 5.88 Å². The monoisotopic (exact) mass is 405 g/mol. The molecule has 0 radical (unpaired) electrons. The zero-order valence-electron chi connectivity index (χ0n) is 16.5. The van der Waals surface area contributed by atoms with E-state index in [9.17, 15) is 14.0 Å². The third-order valence-electron chi connectivity index (χ3n) is 5.50. The Morgan fingerprint density at radius 1 is 1.13 bits per heavy atom. The maximum absolute atomic E-state index is 14.7. The molecule has 152 valence electrons. The minimum Gasteiger partial charge on any atom is -0.440 e. The molecule has 0 bridgehead atoms. The summed E-state index contributed by atoms with van der Waals surface area (Å²) in [6, 6.07) is 14.9. The first kappa shape index (κ1) is 19.9. The molecule has 1 unspecified atom stereocenters. The van der Waals surface area contributed by atoms with Gasteiger partial charge in [0.25, 0.3) is 0 Å². The second-order valence-corrected chi connectivity index (χ2v) is 7.30. The molecule has 0 spiro atoms. The van der Waals surface area contributed by atoms with Crippen molar-refractivity contribution in [2.24, 2.45) is 5.73 Å². The maximum atomic E-state index is 14.7. The van der Waals surface area contributed by atoms with Gasteiger partial charge in [-0.05, 0) is 30.3 Å². The largest absolute Gasteiger partial charge is 0.440 e. The molecule has 2 heterocycles. The lowest BCUT2D eigenvalue weighted by Gasteiger charge is -2.38. The molecule has 0 saturated heterocycles. The lowest BCUT2D eigenvalue weighted by atomic mass is 9.80. The van der Waals surface area contributed by atoms with Crippen molar-refractivity contribution in [2.75, 3.05) is 19.6 Å². The van der Waals surface area contributed by atoms with Gasteiger partial charge in [-0.3, -0.25) is 4.90 Å². The van der Waals surface area contributed by atoms with E-state index >= 15 is 0 Å². The number of nitrogens with two attached hydrogens (primary N) is 1. The summed E-state index contributed by atoms with van der Waals surface area (Å²) in [7, 11) is 0. The average molecular weight is 405 g/mol. The molecular weight excluding hydrogens is 384 g/mol. The highest BCUT2D eigenvalue weighted by atomic mass is 19.1. The number of ether oxygens (including phenoxy) is 1. The Hall–Kier alpha value is -3.43. The van der Waals surface area contributed by atoms with Crippen molar-refractivity contribution in [1.82, 2.24) is 4.90 Å². The third-order valence-corrected chi connectivity index (χ3v) is 5.50. The van der Waals surface area contributed by atoms with Crippen LogP contribution in [-0.2, 0) is 4.74 Å². The molecular formula is C24H21F2N3O. The van der Waals surface area contributed by atoms with Gasteiger partial charge in [0.15, 0.2) is 0 Å². The van der Waals surface area contributed by atoms with Crippen LogP contribution in [0, 0.1) is 23.0 Å². The molecule has 0 aromatic heterocycles. The molecule has 2 aromatic carbocycles. The van der Waals surface area contributed by atoms with Crippen molar-refractivity contribution in [3.05, 3.63) is 99.7 Å². The predicted octanol–water partition coefficient (Wildman–Crippen LogP) is 4.45. The minimum absolute atomic E-state index is 0.0473. The molecule has 6 heteroatoms. The van der Waals surface area contributed by atoms with Gasteiger partial charge in [-0.1, -0.05) is 43.3 Å². The van der Waals surface area contributed by atoms with Crippen LogP contribution in [0.1, 0.15) is 24.0 Å². The van der Waals surface area contributed by atoms with Gasteiger partial charge in [0.1, 0.15) is 29.0 Å². The summed E-state index contributed by atoms with van der Waals surface area (Å²) >= 11 is 0. The molecule has 0 aliphatic carbocycles. The van der Waals surface area contributed by atoms with Crippen molar-refractivity contribution in [3.8, 4) is 6.07 Å². The number of allylic oxidation sites excluding steroid dienone is 1. The molecule has 0 saturated carbocycles. The number of rotatable bonds is 3. The fourth-order valence-corrected chi connectivity index (χ4v) is 4.01. The third kappa shape index (κ3) is 3.49. The highest BCUT2D eigenvalue weighted by Gasteiger charge is 2.38. The smallest absolute Gasteiger partial charge is 0.205 e. The summed E-state index contributed by atoms with van der Waals surface area (Å²) in [5, 5.41) is 9.74. The summed E-state index contributed by atoms with van der Waals surface area (Å²) < 4.78 is 34.9. The lowest BCUT2D eigenvalue weighted by molar-refractivity contribution is 0.238. The molecule has 1 atom stereocenters. The Bertz CT molecular complexity index is 1130. The maximum Gasteiger partial charge on any atom is 0.205 e. The van der Waals surface area contributed by atoms with Crippen LogP contribution in [0.2, 0.25) is 0 Å². The fourth-order valence-electron chi connectivity index (χ4n) is 4.01. The summed E-state index contributed by atoms with van der Waals surface area (Å²) in [5.41, 5.74) is 8.56. The van der Waals surface area contributed by atoms with E-state index in [-0.39, 0.29) is 17.3 Å². The molecule has 0 fully saturated rings. The second kappa shape index (κ2) is 8.13. The van der Waals surface area contributed by atoms with Gasteiger partial charge >= 0.3 is 0 Å². The first-order chi connectivity index (χ1) is 14.5. The van der Waals surface area contributed by atoms with E-state index in [1.165, 1.54) is 12.1 Å². The summed E-state index contributed by atoms with van der Waals surface area (Å²) in [4.78, 5) is 2.14. The van der Waals surface area contributed by atoms with Gasteiger partial charge in [-0.2, -0.15) is 5.26 Å². The van der Waals surface area contributed by atoms with E-state index in [2.05, 4.69) is 11.0 Å². The van der Waals surface area contributed by atoms with Crippen LogP contribution in [0.3, 0.4) is 0 Å². The van der Waals surface area contributed by atoms with Crippen molar-refractivity contribution in [1.29, 1.82) is 5.26 Å². The highest BCUT2D eigenvalue weighted by Crippen LogP contribution is 2.44. The van der Waals surface area contributed by atoms with Gasteiger partial charge < -0.3 is 10.5 Å². The topological polar surface area (TPSA) is 62.3 Å². The molecule has 30 heavy (non-hydrogen) atoms. The number of nitriles is 1. The molecule has 2 aromatic rings. The Balaban J connectivity index is 1.92. The van der Waals surface area contributed by atoms with E-state index in [1.54, 1.807) is 42.5 Å². The van der Waals surface area contributed by atoms with E-state index in [0.717, 1.165) is 17.7 Å². The van der Waals surface area contributed by atoms with Crippen LogP contribution in [-0.4, -0.2) is 24.5 Å². The van der Waals surface area contributed by atoms with Crippen LogP contribution in [0.5, 0.6) is 0 Å². The predicted molar refractivity (Wildman–Crippen MR) is 111 cm³/mol. The zero-order valence-corrected chi connectivity index (χ0v) is 16.5. The van der Waals surface area contributed by atoms with Crippen LogP contribution in [0.25, 0.3) is 6.08 Å². The lowest BCUT2D eigenvalue weighted by Crippen LogP contribution is -2.38. The SMILES string of the molecule is CCN1CC2=C(OC(N)=C(C#N)C2c2ccccc2F)/C(=C\c2ccccc2F)C1. The van der Waals surface area contributed by atoms with Gasteiger partial charge in [-0.25, -0.2) is 8.78 Å². The van der Waals surface area contributed by atoms with E-state index in [0.29, 0.717) is 30.0 Å². The number of likely N-dealkylation sites (N-methyl/N-ethyl adjacent to an activating group) is 1. The first-order valence-electron chi connectivity index (χ1n) is 9.76. The molecule has 4 nitrogen and oxygen atoms in total. The second-order valence-electron chi connectivity index (χ2n) is 7.30. The number of hydrogen-bond donors (Lipinski definition) is 1. The van der Waals surface area contributed by atoms with Crippen LogP contribution >= 0.6 is 0 Å². The number of benzene rings is 2. The van der Waals surface area contributed by atoms with E-state index < -0.39 is 11.7 Å². The Kier molecular flexibility index (Phi) is 5.39. The fraction of sp³-hybridized carbons (Fsp3) is 0.208. The number of halogens is 2. The van der Waals surface area contributed by atoms with Gasteiger partial charge in [0.05, 0.1) is 5.92 Å². The van der Waals surface area contributed by atoms with Crippen LogP contribution in [0.4, 0.5) is 8.78 Å². The van der Waals surface area contributed by atoms with Crippen molar-refractivity contribution >= 4 is 6.08 Å². The van der Waals surface area contributed by atoms with Crippen LogP contribution < -0.4 is 5.73 Å². The summed E-state index contributed by atoms with van der Waals surface area (Å²) in [6.45, 7) is 3.78. The van der Waals surface area contributed by atoms with Crippen molar-refractivity contribution in [3.63, 3.8) is 0 Å². The van der Waals surface area contributed by atoms with Crippen molar-refractivity contribution in [2.45, 2.75) is 12.8 Å². The zero-order chi connectivity index (χ0) is 21.3. The van der Waals surface area contributed by atoms with Gasteiger partial charge in [-0.15, -0.1) is 0 Å². The summed E-state index contributed by atoms with van der Waals surface area (Å²) in [6.07, 6.45) is 1.73. The Labute approximate surface area is 174 Å². The van der Waals surface area contributed by atoms with E-state index in [1.807, 2.05) is 6.92 Å². The Morgan fingerprint density at radius 3 is 2.50 bits per heavy atom. The molecule has 2 aliphatic rings. The molecule has 0 amide bonds. The molecule has 2 N–H and O–H groups in total. The first-order valence-corrected chi connectivity index (χ1v) is 9.76. The quantitative estimate of drug-likeness (QED) is 0.820. The molecule has 4 rings (SSSR count). The van der Waals surface area contributed by atoms with Gasteiger partial charge in [0, 0.05) is 29.8 Å². The number of hydrogen-bond acceptors (Lipinski definition) is 4. The van der Waals surface area contributed by atoms with E-state index in [4.69, 9.17) is 10.5 Å². The Morgan fingerprint density at radius 2 is 1.83 bits per heavy atom. The molecule has 2 aliphatic heterocycles. The minimum atomic E-state index is -0.654. The normalized spacial score (nSPS) is 20.7. The standard InChI is InChI=1S/C24H21F2N3O/c1-2-29-13-16(11-15-7-3-5-9-20(15)25)23-19(14-29)22(18(12-27)24(28)30-23)17-8-4-6-10-21(17)26/h3-11,22H,2,13-14,28H2,1H3/b16-11-. The highest BCUT2D eigenvalue weighted by molar-refractivity contribution is 5.63. The van der Waals surface area contributed by atoms with Crippen molar-refractivity contribution < 1.29 is 13.5 Å². The number of nitrogens with zero attached hydrogens (tertiary/aromatic N) is 2. The van der Waals surface area contributed by atoms with Crippen LogP contribution in [0.15, 0.2) is 76.9 Å².